The summed E-state index contributed by atoms with van der Waals surface area (Å²) in [5, 5.41) is 10.2. The second kappa shape index (κ2) is 4.43. The summed E-state index contributed by atoms with van der Waals surface area (Å²) in [6.45, 7) is 0. The van der Waals surface area contributed by atoms with E-state index in [0.717, 1.165) is 0 Å². The molecule has 9 heteroatoms. The van der Waals surface area contributed by atoms with Crippen LogP contribution < -0.4 is 5.32 Å². The summed E-state index contributed by atoms with van der Waals surface area (Å²) in [7, 11) is 0. The zero-order chi connectivity index (χ0) is 15.2. The molecule has 1 aliphatic carbocycles. The Labute approximate surface area is 108 Å². The van der Waals surface area contributed by atoms with E-state index in [1.165, 1.54) is 5.32 Å². The van der Waals surface area contributed by atoms with Crippen LogP contribution in [0.3, 0.4) is 0 Å². The van der Waals surface area contributed by atoms with E-state index in [4.69, 9.17) is 5.11 Å². The Balaban J connectivity index is 2.41. The minimum Gasteiger partial charge on any atom is -0.480 e. The summed E-state index contributed by atoms with van der Waals surface area (Å²) < 4.78 is 65.1. The number of carbonyl (C=O) groups is 2. The second-order valence-electron chi connectivity index (χ2n) is 4.29. The molecule has 0 spiro atoms. The monoisotopic (exact) mass is 295 g/mol. The van der Waals surface area contributed by atoms with Crippen LogP contribution in [-0.4, -0.2) is 17.0 Å². The first kappa shape index (κ1) is 14.2. The van der Waals surface area contributed by atoms with Crippen LogP contribution in [0.25, 0.3) is 0 Å². The number of carboxylic acids is 1. The van der Waals surface area contributed by atoms with Crippen LogP contribution in [0.1, 0.15) is 12.8 Å². The Morgan fingerprint density at radius 3 is 1.65 bits per heavy atom. The number of rotatable bonds is 3. The molecule has 20 heavy (non-hydrogen) atoms. The van der Waals surface area contributed by atoms with Crippen LogP contribution in [-0.2, 0) is 9.59 Å². The molecular formula is C11H6F5NO3. The molecular weight excluding hydrogens is 289 g/mol. The summed E-state index contributed by atoms with van der Waals surface area (Å²) in [5.41, 5.74) is -3.43. The summed E-state index contributed by atoms with van der Waals surface area (Å²) in [4.78, 5) is 22.4. The fourth-order valence-electron chi connectivity index (χ4n) is 1.61. The average Bonchev–Trinajstić information content (AvgIpc) is 3.20. The SMILES string of the molecule is O=C(O)C1(C(=O)Nc2c(F)c(F)c(F)c(F)c2F)CC1. The van der Waals surface area contributed by atoms with Crippen LogP contribution in [0, 0.1) is 34.5 Å². The minimum atomic E-state index is -2.36. The van der Waals surface area contributed by atoms with Gasteiger partial charge in [-0.2, -0.15) is 0 Å². The van der Waals surface area contributed by atoms with Crippen molar-refractivity contribution in [2.24, 2.45) is 5.41 Å². The van der Waals surface area contributed by atoms with E-state index in [1.807, 2.05) is 0 Å². The molecule has 2 N–H and O–H groups in total. The lowest BCUT2D eigenvalue weighted by atomic mass is 10.1. The van der Waals surface area contributed by atoms with Crippen molar-refractivity contribution < 1.29 is 36.6 Å². The number of carbonyl (C=O) groups excluding carboxylic acids is 1. The topological polar surface area (TPSA) is 66.4 Å². The summed E-state index contributed by atoms with van der Waals surface area (Å²) in [6.07, 6.45) is -0.160. The Morgan fingerprint density at radius 2 is 1.30 bits per heavy atom. The van der Waals surface area contributed by atoms with Crippen LogP contribution >= 0.6 is 0 Å². The molecule has 1 aromatic rings. The molecule has 0 radical (unpaired) electrons. The van der Waals surface area contributed by atoms with E-state index in [-0.39, 0.29) is 12.8 Å². The van der Waals surface area contributed by atoms with Gasteiger partial charge in [-0.05, 0) is 12.8 Å². The maximum Gasteiger partial charge on any atom is 0.319 e. The molecule has 0 unspecified atom stereocenters. The zero-order valence-corrected chi connectivity index (χ0v) is 9.57. The van der Waals surface area contributed by atoms with Gasteiger partial charge in [0, 0.05) is 0 Å². The lowest BCUT2D eigenvalue weighted by molar-refractivity contribution is -0.147. The van der Waals surface area contributed by atoms with E-state index < -0.39 is 52.1 Å². The number of halogens is 5. The van der Waals surface area contributed by atoms with Crippen LogP contribution in [0.4, 0.5) is 27.6 Å². The van der Waals surface area contributed by atoms with Gasteiger partial charge in [0.15, 0.2) is 23.3 Å². The van der Waals surface area contributed by atoms with Crippen molar-refractivity contribution in [3.05, 3.63) is 29.1 Å². The Kier molecular flexibility index (Phi) is 3.15. The molecule has 0 saturated heterocycles. The standard InChI is InChI=1S/C11H6F5NO3/c12-3-4(13)6(15)8(7(16)5(3)14)17-9(18)11(1-2-11)10(19)20/h1-2H2,(H,17,18)(H,19,20). The van der Waals surface area contributed by atoms with Crippen LogP contribution in [0.5, 0.6) is 0 Å². The van der Waals surface area contributed by atoms with E-state index >= 15 is 0 Å². The Hall–Kier alpha value is -2.19. The molecule has 0 aromatic heterocycles. The highest BCUT2D eigenvalue weighted by molar-refractivity contribution is 6.10. The highest BCUT2D eigenvalue weighted by atomic mass is 19.2. The van der Waals surface area contributed by atoms with Crippen molar-refractivity contribution in [1.82, 2.24) is 0 Å². The number of anilines is 1. The fourth-order valence-corrected chi connectivity index (χ4v) is 1.61. The van der Waals surface area contributed by atoms with Gasteiger partial charge in [0.1, 0.15) is 11.1 Å². The largest absolute Gasteiger partial charge is 0.480 e. The van der Waals surface area contributed by atoms with Gasteiger partial charge < -0.3 is 10.4 Å². The van der Waals surface area contributed by atoms with E-state index in [2.05, 4.69) is 0 Å². The van der Waals surface area contributed by atoms with Gasteiger partial charge >= 0.3 is 5.97 Å². The molecule has 4 nitrogen and oxygen atoms in total. The molecule has 1 saturated carbocycles. The number of nitrogens with one attached hydrogen (secondary N) is 1. The molecule has 1 aromatic carbocycles. The molecule has 108 valence electrons. The van der Waals surface area contributed by atoms with Crippen molar-refractivity contribution in [2.45, 2.75) is 12.8 Å². The normalized spacial score (nSPS) is 15.8. The van der Waals surface area contributed by atoms with Crippen molar-refractivity contribution >= 4 is 17.6 Å². The fraction of sp³-hybridized carbons (Fsp3) is 0.273. The van der Waals surface area contributed by atoms with Crippen molar-refractivity contribution in [3.63, 3.8) is 0 Å². The molecule has 0 atom stereocenters. The van der Waals surface area contributed by atoms with E-state index in [0.29, 0.717) is 0 Å². The third-order valence-electron chi connectivity index (χ3n) is 3.04. The Morgan fingerprint density at radius 1 is 0.900 bits per heavy atom. The predicted octanol–water partition coefficient (Wildman–Crippen LogP) is 2.19. The number of amides is 1. The molecule has 0 bridgehead atoms. The summed E-state index contributed by atoms with van der Waals surface area (Å²) >= 11 is 0. The smallest absolute Gasteiger partial charge is 0.319 e. The highest BCUT2D eigenvalue weighted by Gasteiger charge is 2.57. The number of benzene rings is 1. The quantitative estimate of drug-likeness (QED) is 0.389. The van der Waals surface area contributed by atoms with Gasteiger partial charge in [-0.15, -0.1) is 0 Å². The average molecular weight is 295 g/mol. The third-order valence-corrected chi connectivity index (χ3v) is 3.04. The first-order valence-corrected chi connectivity index (χ1v) is 5.28. The van der Waals surface area contributed by atoms with Gasteiger partial charge in [0.25, 0.3) is 0 Å². The number of hydrogen-bond donors (Lipinski definition) is 2. The van der Waals surface area contributed by atoms with Crippen molar-refractivity contribution in [3.8, 4) is 0 Å². The lowest BCUT2D eigenvalue weighted by Gasteiger charge is -2.13. The van der Waals surface area contributed by atoms with E-state index in [1.54, 1.807) is 0 Å². The number of aliphatic carboxylic acids is 1. The first-order valence-electron chi connectivity index (χ1n) is 5.28. The highest BCUT2D eigenvalue weighted by Crippen LogP contribution is 2.47. The maximum atomic E-state index is 13.3. The minimum absolute atomic E-state index is 0.0798. The van der Waals surface area contributed by atoms with Gasteiger partial charge in [-0.1, -0.05) is 0 Å². The molecule has 1 fully saturated rings. The van der Waals surface area contributed by atoms with Gasteiger partial charge in [-0.3, -0.25) is 9.59 Å². The summed E-state index contributed by atoms with van der Waals surface area (Å²) in [5.74, 6) is -14.1. The summed E-state index contributed by atoms with van der Waals surface area (Å²) in [6, 6.07) is 0. The number of carboxylic acid groups (broad SMARTS) is 1. The van der Waals surface area contributed by atoms with Crippen molar-refractivity contribution in [1.29, 1.82) is 0 Å². The molecule has 1 aliphatic rings. The number of hydrogen-bond acceptors (Lipinski definition) is 2. The van der Waals surface area contributed by atoms with Gasteiger partial charge in [0.05, 0.1) is 0 Å². The molecule has 2 rings (SSSR count). The predicted molar refractivity (Wildman–Crippen MR) is 54.2 cm³/mol. The maximum absolute atomic E-state index is 13.3. The second-order valence-corrected chi connectivity index (χ2v) is 4.29. The third kappa shape index (κ3) is 1.89. The van der Waals surface area contributed by atoms with Crippen LogP contribution in [0.2, 0.25) is 0 Å². The van der Waals surface area contributed by atoms with Gasteiger partial charge in [-0.25, -0.2) is 22.0 Å². The molecule has 0 aliphatic heterocycles. The zero-order valence-electron chi connectivity index (χ0n) is 9.57. The molecule has 1 amide bonds. The van der Waals surface area contributed by atoms with Crippen LogP contribution in [0.15, 0.2) is 0 Å². The molecule has 0 heterocycles. The van der Waals surface area contributed by atoms with Gasteiger partial charge in [0.2, 0.25) is 11.7 Å². The van der Waals surface area contributed by atoms with E-state index in [9.17, 15) is 31.5 Å². The van der Waals surface area contributed by atoms with Crippen molar-refractivity contribution in [2.75, 3.05) is 5.32 Å². The lowest BCUT2D eigenvalue weighted by Crippen LogP contribution is -2.32. The Bertz CT molecular complexity index is 598. The first-order chi connectivity index (χ1) is 9.22.